The van der Waals surface area contributed by atoms with Crippen molar-refractivity contribution < 1.29 is 22.6 Å². The Bertz CT molecular complexity index is 1380. The van der Waals surface area contributed by atoms with E-state index in [1.54, 1.807) is 16.5 Å². The van der Waals surface area contributed by atoms with Gasteiger partial charge in [-0.2, -0.15) is 13.2 Å². The molecule has 38 heavy (non-hydrogen) atoms. The minimum atomic E-state index is -4.36. The molecule has 1 aromatic carbocycles. The van der Waals surface area contributed by atoms with Gasteiger partial charge in [0.15, 0.2) is 11.5 Å². The first kappa shape index (κ1) is 26.4. The van der Waals surface area contributed by atoms with Gasteiger partial charge < -0.3 is 15.2 Å². The quantitative estimate of drug-likeness (QED) is 0.272. The molecule has 0 aliphatic heterocycles. The fourth-order valence-corrected chi connectivity index (χ4v) is 5.18. The summed E-state index contributed by atoms with van der Waals surface area (Å²) >= 11 is 0. The van der Waals surface area contributed by atoms with Crippen molar-refractivity contribution in [1.82, 2.24) is 19.6 Å². The fraction of sp³-hybridized carbons (Fsp3) is 0.464. The molecule has 5 rings (SSSR count). The zero-order valence-electron chi connectivity index (χ0n) is 21.3. The highest BCUT2D eigenvalue weighted by Gasteiger charge is 2.42. The molecule has 4 aromatic rings. The van der Waals surface area contributed by atoms with Crippen LogP contribution < -0.4 is 10.5 Å². The van der Waals surface area contributed by atoms with Gasteiger partial charge in [-0.05, 0) is 74.8 Å². The van der Waals surface area contributed by atoms with Crippen LogP contribution in [0.1, 0.15) is 50.5 Å². The summed E-state index contributed by atoms with van der Waals surface area (Å²) in [6.07, 6.45) is 0.211. The lowest BCUT2D eigenvalue weighted by Gasteiger charge is -2.30. The lowest BCUT2D eigenvalue weighted by atomic mass is 9.79. The van der Waals surface area contributed by atoms with Gasteiger partial charge in [0.2, 0.25) is 0 Å². The fourth-order valence-electron chi connectivity index (χ4n) is 5.18. The molecule has 0 radical (unpaired) electrons. The van der Waals surface area contributed by atoms with Crippen LogP contribution in [-0.2, 0) is 4.74 Å². The Hall–Kier alpha value is -3.24. The zero-order chi connectivity index (χ0) is 26.7. The van der Waals surface area contributed by atoms with E-state index in [0.29, 0.717) is 48.3 Å². The van der Waals surface area contributed by atoms with Gasteiger partial charge in [-0.3, -0.25) is 4.40 Å². The number of alkyl halides is 3. The van der Waals surface area contributed by atoms with Gasteiger partial charge in [0.25, 0.3) is 0 Å². The standard InChI is InChI=1S/C28H32F3N5O2/c1-2-37-13-14-38-22-10-5-19-6-11-24(33-25(19)16-22)27-35-34-26-12-7-20(17-36(26)27)23(28(29,30)31)15-18-3-8-21(32)9-4-18/h5-7,10-12,16-18,21,23H,2-4,8-9,13-15,32H2,1H3/t18?,21?,23-/m1/s1. The van der Waals surface area contributed by atoms with E-state index in [-0.39, 0.29) is 23.9 Å². The van der Waals surface area contributed by atoms with E-state index < -0.39 is 12.1 Å². The molecule has 1 saturated carbocycles. The molecule has 0 unspecified atom stereocenters. The third kappa shape index (κ3) is 5.91. The molecule has 10 heteroatoms. The second-order valence-corrected chi connectivity index (χ2v) is 9.92. The number of aromatic nitrogens is 4. The molecular formula is C28H32F3N5O2. The number of nitrogens with zero attached hydrogens (tertiary/aromatic N) is 4. The molecule has 0 bridgehead atoms. The normalized spacial score (nSPS) is 19.2. The lowest BCUT2D eigenvalue weighted by molar-refractivity contribution is -0.155. The number of hydrogen-bond acceptors (Lipinski definition) is 6. The second-order valence-electron chi connectivity index (χ2n) is 9.92. The monoisotopic (exact) mass is 527 g/mol. The van der Waals surface area contributed by atoms with Crippen molar-refractivity contribution >= 4 is 16.6 Å². The van der Waals surface area contributed by atoms with Crippen LogP contribution in [0.15, 0.2) is 48.7 Å². The summed E-state index contributed by atoms with van der Waals surface area (Å²) in [7, 11) is 0. The topological polar surface area (TPSA) is 87.6 Å². The Morgan fingerprint density at radius 1 is 1.03 bits per heavy atom. The zero-order valence-corrected chi connectivity index (χ0v) is 21.3. The SMILES string of the molecule is CCOCCOc1ccc2ccc(-c3nnc4ccc([C@@H](CC5CCC(N)CC5)C(F)(F)F)cn34)nc2c1. The minimum absolute atomic E-state index is 0.00427. The van der Waals surface area contributed by atoms with E-state index >= 15 is 0 Å². The molecule has 1 aliphatic carbocycles. The maximum atomic E-state index is 14.2. The van der Waals surface area contributed by atoms with Crippen LogP contribution >= 0.6 is 0 Å². The number of pyridine rings is 2. The Balaban J connectivity index is 1.44. The molecule has 1 aliphatic rings. The summed E-state index contributed by atoms with van der Waals surface area (Å²) in [5, 5.41) is 9.34. The first-order valence-electron chi connectivity index (χ1n) is 13.1. The maximum absolute atomic E-state index is 14.2. The van der Waals surface area contributed by atoms with E-state index in [2.05, 4.69) is 10.2 Å². The number of benzene rings is 1. The molecule has 202 valence electrons. The van der Waals surface area contributed by atoms with Crippen molar-refractivity contribution in [2.45, 2.75) is 57.2 Å². The average molecular weight is 528 g/mol. The predicted molar refractivity (Wildman–Crippen MR) is 139 cm³/mol. The molecule has 0 saturated heterocycles. The molecule has 3 heterocycles. The average Bonchev–Trinajstić information content (AvgIpc) is 3.33. The van der Waals surface area contributed by atoms with Gasteiger partial charge >= 0.3 is 6.18 Å². The van der Waals surface area contributed by atoms with Gasteiger partial charge in [-0.25, -0.2) is 4.98 Å². The Labute approximate surface area is 219 Å². The molecule has 0 spiro atoms. The van der Waals surface area contributed by atoms with E-state index in [1.165, 1.54) is 12.3 Å². The van der Waals surface area contributed by atoms with E-state index in [1.807, 2.05) is 31.2 Å². The van der Waals surface area contributed by atoms with Crippen LogP contribution in [-0.4, -0.2) is 51.6 Å². The van der Waals surface area contributed by atoms with Crippen LogP contribution in [0.3, 0.4) is 0 Å². The number of nitrogens with two attached hydrogens (primary N) is 1. The highest BCUT2D eigenvalue weighted by Crippen LogP contribution is 2.42. The summed E-state index contributed by atoms with van der Waals surface area (Å²) in [6, 6.07) is 12.5. The summed E-state index contributed by atoms with van der Waals surface area (Å²) in [5.74, 6) is -0.519. The number of rotatable bonds is 9. The van der Waals surface area contributed by atoms with Crippen molar-refractivity contribution in [3.63, 3.8) is 0 Å². The third-order valence-corrected chi connectivity index (χ3v) is 7.28. The van der Waals surface area contributed by atoms with Gasteiger partial charge in [0.05, 0.1) is 18.0 Å². The first-order valence-corrected chi connectivity index (χ1v) is 13.1. The van der Waals surface area contributed by atoms with Crippen molar-refractivity contribution in [2.75, 3.05) is 19.8 Å². The molecule has 7 nitrogen and oxygen atoms in total. The highest BCUT2D eigenvalue weighted by molar-refractivity contribution is 5.82. The Morgan fingerprint density at radius 2 is 1.82 bits per heavy atom. The summed E-state index contributed by atoms with van der Waals surface area (Å²) in [5.41, 5.74) is 7.83. The number of hydrogen-bond donors (Lipinski definition) is 1. The molecule has 0 amide bonds. The van der Waals surface area contributed by atoms with Crippen molar-refractivity contribution in [1.29, 1.82) is 0 Å². The maximum Gasteiger partial charge on any atom is 0.395 e. The predicted octanol–water partition coefficient (Wildman–Crippen LogP) is 5.91. The van der Waals surface area contributed by atoms with Crippen molar-refractivity contribution in [2.24, 2.45) is 11.7 Å². The van der Waals surface area contributed by atoms with Crippen LogP contribution in [0.2, 0.25) is 0 Å². The summed E-state index contributed by atoms with van der Waals surface area (Å²) in [4.78, 5) is 4.73. The molecule has 1 fully saturated rings. The minimum Gasteiger partial charge on any atom is -0.491 e. The third-order valence-electron chi connectivity index (χ3n) is 7.28. The molecule has 1 atom stereocenters. The van der Waals surface area contributed by atoms with Crippen molar-refractivity contribution in [3.8, 4) is 17.3 Å². The summed E-state index contributed by atoms with van der Waals surface area (Å²) in [6.45, 7) is 3.46. The lowest BCUT2D eigenvalue weighted by Crippen LogP contribution is -2.29. The van der Waals surface area contributed by atoms with Crippen LogP contribution in [0, 0.1) is 5.92 Å². The van der Waals surface area contributed by atoms with E-state index in [0.717, 1.165) is 31.1 Å². The second kappa shape index (κ2) is 11.2. The first-order chi connectivity index (χ1) is 18.3. The Kier molecular flexibility index (Phi) is 7.80. The van der Waals surface area contributed by atoms with Crippen LogP contribution in [0.4, 0.5) is 13.2 Å². The van der Waals surface area contributed by atoms with Gasteiger partial charge in [0.1, 0.15) is 18.1 Å². The molecular weight excluding hydrogens is 495 g/mol. The van der Waals surface area contributed by atoms with Gasteiger partial charge in [0, 0.05) is 30.3 Å². The number of ether oxygens (including phenoxy) is 2. The van der Waals surface area contributed by atoms with Crippen LogP contribution in [0.25, 0.3) is 28.1 Å². The molecule has 3 aromatic heterocycles. The van der Waals surface area contributed by atoms with E-state index in [4.69, 9.17) is 20.2 Å². The smallest absolute Gasteiger partial charge is 0.395 e. The van der Waals surface area contributed by atoms with Crippen LogP contribution in [0.5, 0.6) is 5.75 Å². The number of fused-ring (bicyclic) bond motifs is 2. The van der Waals surface area contributed by atoms with E-state index in [9.17, 15) is 13.2 Å². The Morgan fingerprint density at radius 3 is 2.58 bits per heavy atom. The summed E-state index contributed by atoms with van der Waals surface area (Å²) < 4.78 is 55.4. The molecule has 2 N–H and O–H groups in total. The number of halogens is 3. The highest BCUT2D eigenvalue weighted by atomic mass is 19.4. The van der Waals surface area contributed by atoms with Gasteiger partial charge in [-0.15, -0.1) is 10.2 Å². The van der Waals surface area contributed by atoms with Gasteiger partial charge in [-0.1, -0.05) is 12.1 Å². The largest absolute Gasteiger partial charge is 0.491 e. The van der Waals surface area contributed by atoms with Crippen molar-refractivity contribution in [3.05, 3.63) is 54.2 Å².